The molecule has 132 valence electrons. The highest BCUT2D eigenvalue weighted by Crippen LogP contribution is 2.19. The van der Waals surface area contributed by atoms with E-state index in [2.05, 4.69) is 21.9 Å². The Morgan fingerprint density at radius 1 is 1.40 bits per heavy atom. The van der Waals surface area contributed by atoms with E-state index in [1.54, 1.807) is 6.08 Å². The van der Waals surface area contributed by atoms with Crippen molar-refractivity contribution in [3.63, 3.8) is 0 Å². The van der Waals surface area contributed by atoms with E-state index >= 15 is 0 Å². The highest BCUT2D eigenvalue weighted by atomic mass is 16.5. The lowest BCUT2D eigenvalue weighted by atomic mass is 10.1. The lowest BCUT2D eigenvalue weighted by Crippen LogP contribution is -2.42. The predicted octanol–water partition coefficient (Wildman–Crippen LogP) is 2.10. The number of aromatic nitrogens is 3. The molecule has 0 unspecified atom stereocenters. The van der Waals surface area contributed by atoms with Crippen molar-refractivity contribution in [2.75, 3.05) is 18.5 Å². The van der Waals surface area contributed by atoms with E-state index in [-0.39, 0.29) is 18.0 Å². The number of benzene rings is 1. The summed E-state index contributed by atoms with van der Waals surface area (Å²) in [5.41, 5.74) is 1.03. The van der Waals surface area contributed by atoms with Gasteiger partial charge >= 0.3 is 11.4 Å². The van der Waals surface area contributed by atoms with Crippen molar-refractivity contribution < 1.29 is 4.74 Å². The SMILES string of the molecule is C=Cc1cccc([C@H](C)Nc2nc(=O)n(C3CCOCC3)c(=O)[nH]2)c1. The number of rotatable bonds is 5. The molecule has 0 spiro atoms. The minimum absolute atomic E-state index is 0.124. The third-order valence-corrected chi connectivity index (χ3v) is 4.41. The molecule has 1 aromatic heterocycles. The maximum atomic E-state index is 12.4. The number of hydrogen-bond donors (Lipinski definition) is 2. The molecule has 7 heteroatoms. The van der Waals surface area contributed by atoms with Gasteiger partial charge in [-0.05, 0) is 37.0 Å². The zero-order valence-electron chi connectivity index (χ0n) is 14.2. The van der Waals surface area contributed by atoms with Crippen LogP contribution in [0.4, 0.5) is 5.95 Å². The Morgan fingerprint density at radius 3 is 2.84 bits per heavy atom. The second kappa shape index (κ2) is 7.48. The van der Waals surface area contributed by atoms with Crippen molar-refractivity contribution in [2.45, 2.75) is 31.8 Å². The summed E-state index contributed by atoms with van der Waals surface area (Å²) in [6.07, 6.45) is 3.05. The van der Waals surface area contributed by atoms with Gasteiger partial charge in [-0.25, -0.2) is 14.2 Å². The topological polar surface area (TPSA) is 89.0 Å². The molecule has 1 aromatic carbocycles. The van der Waals surface area contributed by atoms with Crippen LogP contribution in [-0.2, 0) is 4.74 Å². The molecular formula is C18H22N4O3. The van der Waals surface area contributed by atoms with E-state index in [1.165, 1.54) is 4.57 Å². The number of nitrogens with one attached hydrogen (secondary N) is 2. The maximum Gasteiger partial charge on any atom is 0.355 e. The van der Waals surface area contributed by atoms with Crippen LogP contribution in [0, 0.1) is 0 Å². The molecule has 3 rings (SSSR count). The van der Waals surface area contributed by atoms with E-state index < -0.39 is 11.4 Å². The van der Waals surface area contributed by atoms with Crippen molar-refractivity contribution in [2.24, 2.45) is 0 Å². The van der Waals surface area contributed by atoms with E-state index in [1.807, 2.05) is 31.2 Å². The number of aromatic amines is 1. The van der Waals surface area contributed by atoms with Crippen LogP contribution in [0.3, 0.4) is 0 Å². The van der Waals surface area contributed by atoms with Crippen LogP contribution in [0.25, 0.3) is 6.08 Å². The maximum absolute atomic E-state index is 12.4. The van der Waals surface area contributed by atoms with Crippen LogP contribution in [0.5, 0.6) is 0 Å². The molecule has 0 amide bonds. The molecule has 7 nitrogen and oxygen atoms in total. The van der Waals surface area contributed by atoms with E-state index in [0.717, 1.165) is 11.1 Å². The number of ether oxygens (including phenoxy) is 1. The molecule has 1 fully saturated rings. The summed E-state index contributed by atoms with van der Waals surface area (Å²) in [5, 5.41) is 3.08. The van der Waals surface area contributed by atoms with E-state index in [0.29, 0.717) is 26.1 Å². The smallest absolute Gasteiger partial charge is 0.355 e. The molecule has 0 bridgehead atoms. The van der Waals surface area contributed by atoms with Crippen LogP contribution in [0.15, 0.2) is 40.4 Å². The fraction of sp³-hybridized carbons (Fsp3) is 0.389. The quantitative estimate of drug-likeness (QED) is 0.869. The average molecular weight is 342 g/mol. The second-order valence-electron chi connectivity index (χ2n) is 6.13. The first-order valence-electron chi connectivity index (χ1n) is 8.38. The third kappa shape index (κ3) is 3.88. The lowest BCUT2D eigenvalue weighted by molar-refractivity contribution is 0.0670. The Kier molecular flexibility index (Phi) is 5.14. The van der Waals surface area contributed by atoms with Crippen LogP contribution in [0.2, 0.25) is 0 Å². The largest absolute Gasteiger partial charge is 0.381 e. The highest BCUT2D eigenvalue weighted by molar-refractivity contribution is 5.49. The molecule has 25 heavy (non-hydrogen) atoms. The fourth-order valence-corrected chi connectivity index (χ4v) is 3.00. The van der Waals surface area contributed by atoms with Crippen LogP contribution in [-0.4, -0.2) is 27.7 Å². The second-order valence-corrected chi connectivity index (χ2v) is 6.13. The van der Waals surface area contributed by atoms with Crippen molar-refractivity contribution in [3.8, 4) is 0 Å². The van der Waals surface area contributed by atoms with Crippen molar-refractivity contribution in [1.82, 2.24) is 14.5 Å². The van der Waals surface area contributed by atoms with Gasteiger partial charge < -0.3 is 10.1 Å². The predicted molar refractivity (Wildman–Crippen MR) is 96.8 cm³/mol. The monoisotopic (exact) mass is 342 g/mol. The molecular weight excluding hydrogens is 320 g/mol. The minimum atomic E-state index is -0.537. The van der Waals surface area contributed by atoms with Gasteiger partial charge in [0.15, 0.2) is 0 Å². The van der Waals surface area contributed by atoms with Gasteiger partial charge in [0.05, 0.1) is 6.04 Å². The molecule has 0 saturated carbocycles. The van der Waals surface area contributed by atoms with Gasteiger partial charge in [0.2, 0.25) is 5.95 Å². The summed E-state index contributed by atoms with van der Waals surface area (Å²) in [5.74, 6) is 0.176. The summed E-state index contributed by atoms with van der Waals surface area (Å²) in [7, 11) is 0. The zero-order valence-corrected chi connectivity index (χ0v) is 14.2. The lowest BCUT2D eigenvalue weighted by Gasteiger charge is -2.23. The first-order valence-corrected chi connectivity index (χ1v) is 8.38. The summed E-state index contributed by atoms with van der Waals surface area (Å²) >= 11 is 0. The Hall–Kier alpha value is -2.67. The van der Waals surface area contributed by atoms with Crippen molar-refractivity contribution in [3.05, 3.63) is 62.9 Å². The van der Waals surface area contributed by atoms with Crippen molar-refractivity contribution >= 4 is 12.0 Å². The van der Waals surface area contributed by atoms with Gasteiger partial charge in [-0.2, -0.15) is 4.98 Å². The molecule has 1 saturated heterocycles. The zero-order chi connectivity index (χ0) is 17.8. The molecule has 1 aliphatic rings. The molecule has 1 aliphatic heterocycles. The fourth-order valence-electron chi connectivity index (χ4n) is 3.00. The average Bonchev–Trinajstić information content (AvgIpc) is 2.62. The number of H-pyrrole nitrogens is 1. The Morgan fingerprint density at radius 2 is 2.16 bits per heavy atom. The van der Waals surface area contributed by atoms with Gasteiger partial charge in [0.1, 0.15) is 0 Å². The van der Waals surface area contributed by atoms with Crippen molar-refractivity contribution in [1.29, 1.82) is 0 Å². The standard InChI is InChI=1S/C18H22N4O3/c1-3-13-5-4-6-14(11-13)12(2)19-16-20-17(23)22(18(24)21-16)15-7-9-25-10-8-15/h3-6,11-12,15H,1,7-10H2,2H3,(H2,19,20,21,23,24)/t12-/m0/s1. The molecule has 0 aliphatic carbocycles. The van der Waals surface area contributed by atoms with Crippen LogP contribution in [0.1, 0.15) is 43.0 Å². The Labute approximate surface area is 145 Å². The minimum Gasteiger partial charge on any atom is -0.381 e. The van der Waals surface area contributed by atoms with E-state index in [9.17, 15) is 9.59 Å². The van der Waals surface area contributed by atoms with Gasteiger partial charge in [-0.1, -0.05) is 30.9 Å². The number of nitrogens with zero attached hydrogens (tertiary/aromatic N) is 2. The third-order valence-electron chi connectivity index (χ3n) is 4.41. The Balaban J connectivity index is 1.82. The van der Waals surface area contributed by atoms with Gasteiger partial charge in [-0.3, -0.25) is 4.98 Å². The van der Waals surface area contributed by atoms with E-state index in [4.69, 9.17) is 4.74 Å². The summed E-state index contributed by atoms with van der Waals surface area (Å²) in [4.78, 5) is 31.3. The van der Waals surface area contributed by atoms with Gasteiger partial charge in [0.25, 0.3) is 0 Å². The first-order chi connectivity index (χ1) is 12.1. The number of hydrogen-bond acceptors (Lipinski definition) is 5. The number of anilines is 1. The van der Waals surface area contributed by atoms with Gasteiger partial charge in [0, 0.05) is 19.3 Å². The van der Waals surface area contributed by atoms with Crippen LogP contribution < -0.4 is 16.7 Å². The normalized spacial score (nSPS) is 16.4. The van der Waals surface area contributed by atoms with Gasteiger partial charge in [-0.15, -0.1) is 0 Å². The molecule has 2 N–H and O–H groups in total. The molecule has 1 atom stereocenters. The molecule has 2 heterocycles. The highest BCUT2D eigenvalue weighted by Gasteiger charge is 2.20. The summed E-state index contributed by atoms with van der Waals surface area (Å²) < 4.78 is 6.47. The summed E-state index contributed by atoms with van der Waals surface area (Å²) in [6, 6.07) is 7.56. The molecule has 0 radical (unpaired) electrons. The summed E-state index contributed by atoms with van der Waals surface area (Å²) in [6.45, 7) is 6.79. The molecule has 2 aromatic rings. The van der Waals surface area contributed by atoms with Crippen LogP contribution >= 0.6 is 0 Å². The first kappa shape index (κ1) is 17.2. The Bertz CT molecular complexity index is 834.